The quantitative estimate of drug-likeness (QED) is 0.709. The molecular formula is C11H14FN. The largest absolute Gasteiger partial charge is 0.321 e. The zero-order valence-corrected chi connectivity index (χ0v) is 7.76. The molecule has 0 heterocycles. The molecule has 0 aromatic heterocycles. The minimum Gasteiger partial charge on any atom is -0.321 e. The van der Waals surface area contributed by atoms with Crippen LogP contribution in [-0.2, 0) is 6.42 Å². The fraction of sp³-hybridized carbons (Fsp3) is 0.273. The standard InChI is InChI=1S/C11H14FN/c1-3-8-9(11(13)4-2)6-5-7-10(8)12/h4-7,11H,2-3,13H2,1H3/t11-/m0/s1. The Kier molecular flexibility index (Phi) is 3.20. The molecule has 1 aromatic carbocycles. The van der Waals surface area contributed by atoms with Gasteiger partial charge in [0.15, 0.2) is 0 Å². The van der Waals surface area contributed by atoms with Gasteiger partial charge in [0.2, 0.25) is 0 Å². The van der Waals surface area contributed by atoms with E-state index in [9.17, 15) is 4.39 Å². The van der Waals surface area contributed by atoms with Gasteiger partial charge in [0.1, 0.15) is 5.82 Å². The maximum absolute atomic E-state index is 13.3. The van der Waals surface area contributed by atoms with Crippen LogP contribution in [0.4, 0.5) is 4.39 Å². The summed E-state index contributed by atoms with van der Waals surface area (Å²) in [6.07, 6.45) is 2.28. The van der Waals surface area contributed by atoms with E-state index in [-0.39, 0.29) is 11.9 Å². The van der Waals surface area contributed by atoms with Gasteiger partial charge in [-0.25, -0.2) is 4.39 Å². The van der Waals surface area contributed by atoms with E-state index in [1.54, 1.807) is 12.1 Å². The van der Waals surface area contributed by atoms with Gasteiger partial charge in [0, 0.05) is 6.04 Å². The second-order valence-electron chi connectivity index (χ2n) is 2.92. The first-order valence-electron chi connectivity index (χ1n) is 4.36. The number of hydrogen-bond donors (Lipinski definition) is 1. The molecule has 70 valence electrons. The third kappa shape index (κ3) is 1.95. The Morgan fingerprint density at radius 2 is 2.31 bits per heavy atom. The number of hydrogen-bond acceptors (Lipinski definition) is 1. The first-order chi connectivity index (χ1) is 6.20. The van der Waals surface area contributed by atoms with E-state index in [1.807, 2.05) is 13.0 Å². The van der Waals surface area contributed by atoms with Gasteiger partial charge in [-0.1, -0.05) is 25.1 Å². The van der Waals surface area contributed by atoms with Crippen LogP contribution in [0.15, 0.2) is 30.9 Å². The van der Waals surface area contributed by atoms with E-state index >= 15 is 0 Å². The molecular weight excluding hydrogens is 165 g/mol. The summed E-state index contributed by atoms with van der Waals surface area (Å²) in [5.41, 5.74) is 7.28. The Morgan fingerprint density at radius 3 is 2.85 bits per heavy atom. The Bertz CT molecular complexity index is 307. The van der Waals surface area contributed by atoms with Crippen LogP contribution in [0.3, 0.4) is 0 Å². The lowest BCUT2D eigenvalue weighted by atomic mass is 9.99. The van der Waals surface area contributed by atoms with Gasteiger partial charge in [-0.05, 0) is 23.6 Å². The number of benzene rings is 1. The molecule has 0 amide bonds. The highest BCUT2D eigenvalue weighted by atomic mass is 19.1. The zero-order chi connectivity index (χ0) is 9.84. The summed E-state index contributed by atoms with van der Waals surface area (Å²) in [7, 11) is 0. The Morgan fingerprint density at radius 1 is 1.62 bits per heavy atom. The predicted molar refractivity (Wildman–Crippen MR) is 52.9 cm³/mol. The van der Waals surface area contributed by atoms with Crippen molar-refractivity contribution in [1.29, 1.82) is 0 Å². The first-order valence-corrected chi connectivity index (χ1v) is 4.36. The molecule has 0 saturated heterocycles. The van der Waals surface area contributed by atoms with Crippen LogP contribution < -0.4 is 5.73 Å². The Hall–Kier alpha value is -1.15. The maximum Gasteiger partial charge on any atom is 0.126 e. The van der Waals surface area contributed by atoms with E-state index in [4.69, 9.17) is 5.73 Å². The van der Waals surface area contributed by atoms with Gasteiger partial charge in [0.05, 0.1) is 0 Å². The van der Waals surface area contributed by atoms with Crippen molar-refractivity contribution >= 4 is 0 Å². The van der Waals surface area contributed by atoms with Gasteiger partial charge < -0.3 is 5.73 Å². The van der Waals surface area contributed by atoms with Crippen LogP contribution in [0.25, 0.3) is 0 Å². The molecule has 1 atom stereocenters. The third-order valence-corrected chi connectivity index (χ3v) is 2.12. The molecule has 0 unspecified atom stereocenters. The summed E-state index contributed by atoms with van der Waals surface area (Å²) in [4.78, 5) is 0. The molecule has 0 radical (unpaired) electrons. The van der Waals surface area contributed by atoms with E-state index in [1.165, 1.54) is 6.07 Å². The van der Waals surface area contributed by atoms with E-state index in [0.29, 0.717) is 12.0 Å². The molecule has 0 spiro atoms. The molecule has 0 saturated carbocycles. The molecule has 0 aliphatic heterocycles. The molecule has 1 nitrogen and oxygen atoms in total. The van der Waals surface area contributed by atoms with Crippen molar-refractivity contribution in [2.75, 3.05) is 0 Å². The minimum atomic E-state index is -0.273. The van der Waals surface area contributed by atoms with E-state index in [0.717, 1.165) is 5.56 Å². The molecule has 2 N–H and O–H groups in total. The van der Waals surface area contributed by atoms with Crippen LogP contribution in [0.5, 0.6) is 0 Å². The lowest BCUT2D eigenvalue weighted by Crippen LogP contribution is -2.10. The average Bonchev–Trinajstić information content (AvgIpc) is 2.16. The maximum atomic E-state index is 13.3. The molecule has 1 aromatic rings. The Labute approximate surface area is 78.1 Å². The van der Waals surface area contributed by atoms with Crippen LogP contribution in [-0.4, -0.2) is 0 Å². The van der Waals surface area contributed by atoms with Gasteiger partial charge >= 0.3 is 0 Å². The molecule has 0 bridgehead atoms. The third-order valence-electron chi connectivity index (χ3n) is 2.12. The highest BCUT2D eigenvalue weighted by molar-refractivity contribution is 5.33. The Balaban J connectivity index is 3.19. The molecule has 0 fully saturated rings. The number of halogens is 1. The summed E-state index contributed by atoms with van der Waals surface area (Å²) in [6.45, 7) is 5.51. The highest BCUT2D eigenvalue weighted by Gasteiger charge is 2.09. The number of rotatable bonds is 3. The van der Waals surface area contributed by atoms with Crippen LogP contribution >= 0.6 is 0 Å². The van der Waals surface area contributed by atoms with Crippen molar-refractivity contribution in [2.24, 2.45) is 5.73 Å². The molecule has 13 heavy (non-hydrogen) atoms. The second kappa shape index (κ2) is 4.19. The normalized spacial score (nSPS) is 12.5. The molecule has 2 heteroatoms. The predicted octanol–water partition coefficient (Wildman–Crippen LogP) is 2.57. The lowest BCUT2D eigenvalue weighted by Gasteiger charge is -2.12. The lowest BCUT2D eigenvalue weighted by molar-refractivity contribution is 0.606. The van der Waals surface area contributed by atoms with E-state index in [2.05, 4.69) is 6.58 Å². The van der Waals surface area contributed by atoms with Crippen molar-refractivity contribution in [2.45, 2.75) is 19.4 Å². The van der Waals surface area contributed by atoms with Crippen molar-refractivity contribution in [3.63, 3.8) is 0 Å². The molecule has 0 aliphatic carbocycles. The van der Waals surface area contributed by atoms with Crippen molar-refractivity contribution in [3.05, 3.63) is 47.8 Å². The van der Waals surface area contributed by atoms with E-state index < -0.39 is 0 Å². The minimum absolute atomic E-state index is 0.183. The fourth-order valence-corrected chi connectivity index (χ4v) is 1.39. The fourth-order valence-electron chi connectivity index (χ4n) is 1.39. The van der Waals surface area contributed by atoms with Crippen LogP contribution in [0.1, 0.15) is 24.1 Å². The SMILES string of the molecule is C=C[C@H](N)c1cccc(F)c1CC. The summed E-state index contributed by atoms with van der Waals surface area (Å²) in [6, 6.07) is 4.70. The first kappa shape index (κ1) is 9.93. The monoisotopic (exact) mass is 179 g/mol. The van der Waals surface area contributed by atoms with Gasteiger partial charge in [0.25, 0.3) is 0 Å². The van der Waals surface area contributed by atoms with Gasteiger partial charge in [-0.15, -0.1) is 6.58 Å². The van der Waals surface area contributed by atoms with Gasteiger partial charge in [-0.2, -0.15) is 0 Å². The second-order valence-corrected chi connectivity index (χ2v) is 2.92. The summed E-state index contributed by atoms with van der Waals surface area (Å²) >= 11 is 0. The highest BCUT2D eigenvalue weighted by Crippen LogP contribution is 2.20. The smallest absolute Gasteiger partial charge is 0.126 e. The average molecular weight is 179 g/mol. The van der Waals surface area contributed by atoms with Crippen molar-refractivity contribution in [1.82, 2.24) is 0 Å². The molecule has 0 aliphatic rings. The van der Waals surface area contributed by atoms with Crippen LogP contribution in [0, 0.1) is 5.82 Å². The molecule has 1 rings (SSSR count). The van der Waals surface area contributed by atoms with Crippen molar-refractivity contribution < 1.29 is 4.39 Å². The zero-order valence-electron chi connectivity index (χ0n) is 7.76. The summed E-state index contributed by atoms with van der Waals surface area (Å²) in [5.74, 6) is -0.183. The van der Waals surface area contributed by atoms with Crippen molar-refractivity contribution in [3.8, 4) is 0 Å². The van der Waals surface area contributed by atoms with Crippen LogP contribution in [0.2, 0.25) is 0 Å². The summed E-state index contributed by atoms with van der Waals surface area (Å²) in [5, 5.41) is 0. The van der Waals surface area contributed by atoms with Gasteiger partial charge in [-0.3, -0.25) is 0 Å². The number of nitrogens with two attached hydrogens (primary N) is 1. The summed E-state index contributed by atoms with van der Waals surface area (Å²) < 4.78 is 13.3. The topological polar surface area (TPSA) is 26.0 Å².